The van der Waals surface area contributed by atoms with Crippen LogP contribution in [0, 0.1) is 6.92 Å². The first kappa shape index (κ1) is 16.2. The monoisotopic (exact) mass is 301 g/mol. The highest BCUT2D eigenvalue weighted by Crippen LogP contribution is 2.20. The van der Waals surface area contributed by atoms with Crippen molar-refractivity contribution in [2.75, 3.05) is 6.54 Å². The lowest BCUT2D eigenvalue weighted by molar-refractivity contribution is 0.0936. The second kappa shape index (κ2) is 7.22. The predicted molar refractivity (Wildman–Crippen MR) is 85.8 cm³/mol. The van der Waals surface area contributed by atoms with E-state index >= 15 is 0 Å². The minimum absolute atomic E-state index is 0.0828. The van der Waals surface area contributed by atoms with Crippen LogP contribution in [0.2, 0.25) is 0 Å². The molecule has 0 aliphatic carbocycles. The second-order valence-electron chi connectivity index (χ2n) is 5.70. The largest absolute Gasteiger partial charge is 0.393 e. The fourth-order valence-corrected chi connectivity index (χ4v) is 2.60. The van der Waals surface area contributed by atoms with Crippen LogP contribution in [0.5, 0.6) is 0 Å². The van der Waals surface area contributed by atoms with Gasteiger partial charge in [-0.15, -0.1) is 0 Å². The van der Waals surface area contributed by atoms with Gasteiger partial charge in [0.15, 0.2) is 0 Å². The zero-order valence-electron chi connectivity index (χ0n) is 13.3. The first-order valence-electron chi connectivity index (χ1n) is 7.49. The van der Waals surface area contributed by atoms with Crippen LogP contribution in [-0.4, -0.2) is 33.4 Å². The maximum absolute atomic E-state index is 12.3. The Morgan fingerprint density at radius 3 is 2.59 bits per heavy atom. The van der Waals surface area contributed by atoms with Crippen molar-refractivity contribution < 1.29 is 9.90 Å². The van der Waals surface area contributed by atoms with Crippen LogP contribution in [0.25, 0.3) is 0 Å². The molecule has 0 aliphatic rings. The van der Waals surface area contributed by atoms with Gasteiger partial charge in [0.1, 0.15) is 5.69 Å². The Hall–Kier alpha value is -2.14. The number of aliphatic hydroxyl groups excluding tert-OH is 1. The third-order valence-electron chi connectivity index (χ3n) is 3.64. The topological polar surface area (TPSA) is 67.2 Å². The van der Waals surface area contributed by atoms with E-state index in [0.29, 0.717) is 18.7 Å². The van der Waals surface area contributed by atoms with Crippen LogP contribution in [0.1, 0.15) is 41.0 Å². The molecule has 5 heteroatoms. The summed E-state index contributed by atoms with van der Waals surface area (Å²) in [5.74, 6) is -0.0610. The molecule has 0 radical (unpaired) electrons. The zero-order chi connectivity index (χ0) is 16.1. The summed E-state index contributed by atoms with van der Waals surface area (Å²) in [7, 11) is 1.76. The quantitative estimate of drug-likeness (QED) is 0.857. The number of rotatable bonds is 6. The van der Waals surface area contributed by atoms with Gasteiger partial charge in [-0.3, -0.25) is 9.48 Å². The van der Waals surface area contributed by atoms with E-state index in [-0.39, 0.29) is 11.8 Å². The number of hydrogen-bond donors (Lipinski definition) is 2. The molecule has 0 fully saturated rings. The minimum atomic E-state index is -0.416. The molecule has 0 spiro atoms. The van der Waals surface area contributed by atoms with Crippen molar-refractivity contribution in [2.24, 2.45) is 7.05 Å². The lowest BCUT2D eigenvalue weighted by Gasteiger charge is -2.19. The van der Waals surface area contributed by atoms with Crippen LogP contribution in [0.4, 0.5) is 0 Å². The second-order valence-corrected chi connectivity index (χ2v) is 5.70. The van der Waals surface area contributed by atoms with Crippen LogP contribution in [0.3, 0.4) is 0 Å². The van der Waals surface area contributed by atoms with E-state index in [0.717, 1.165) is 11.3 Å². The van der Waals surface area contributed by atoms with Gasteiger partial charge in [-0.2, -0.15) is 5.10 Å². The van der Waals surface area contributed by atoms with Gasteiger partial charge in [0.25, 0.3) is 5.91 Å². The zero-order valence-corrected chi connectivity index (χ0v) is 13.3. The SMILES string of the molecule is Cc1cc(C(=O)NCC(CC(C)O)c2ccccc2)n(C)n1. The number of nitrogens with one attached hydrogen (secondary N) is 1. The van der Waals surface area contributed by atoms with Gasteiger partial charge in [-0.1, -0.05) is 30.3 Å². The van der Waals surface area contributed by atoms with Crippen molar-refractivity contribution >= 4 is 5.91 Å². The normalized spacial score (nSPS) is 13.6. The molecule has 0 bridgehead atoms. The fraction of sp³-hybridized carbons (Fsp3) is 0.412. The summed E-state index contributed by atoms with van der Waals surface area (Å²) in [6, 6.07) is 11.7. The molecular weight excluding hydrogens is 278 g/mol. The molecule has 0 aliphatic heterocycles. The number of aryl methyl sites for hydroxylation is 2. The number of aromatic nitrogens is 2. The third-order valence-corrected chi connectivity index (χ3v) is 3.64. The molecule has 1 amide bonds. The van der Waals surface area contributed by atoms with Crippen LogP contribution >= 0.6 is 0 Å². The van der Waals surface area contributed by atoms with E-state index in [4.69, 9.17) is 0 Å². The van der Waals surface area contributed by atoms with Crippen LogP contribution in [0.15, 0.2) is 36.4 Å². The molecule has 1 aromatic heterocycles. The summed E-state index contributed by atoms with van der Waals surface area (Å²) < 4.78 is 1.58. The first-order valence-corrected chi connectivity index (χ1v) is 7.49. The maximum atomic E-state index is 12.3. The molecule has 2 atom stereocenters. The lowest BCUT2D eigenvalue weighted by atomic mass is 9.93. The molecular formula is C17H23N3O2. The summed E-state index contributed by atoms with van der Waals surface area (Å²) in [4.78, 5) is 12.3. The van der Waals surface area contributed by atoms with Crippen molar-refractivity contribution in [3.63, 3.8) is 0 Å². The number of benzene rings is 1. The summed E-state index contributed by atoms with van der Waals surface area (Å²) in [5, 5.41) is 16.8. The molecule has 2 rings (SSSR count). The highest BCUT2D eigenvalue weighted by molar-refractivity contribution is 5.92. The van der Waals surface area contributed by atoms with E-state index in [9.17, 15) is 9.90 Å². The number of nitrogens with zero attached hydrogens (tertiary/aromatic N) is 2. The Morgan fingerprint density at radius 1 is 1.36 bits per heavy atom. The van der Waals surface area contributed by atoms with Gasteiger partial charge in [0.05, 0.1) is 11.8 Å². The van der Waals surface area contributed by atoms with E-state index < -0.39 is 6.10 Å². The minimum Gasteiger partial charge on any atom is -0.393 e. The van der Waals surface area contributed by atoms with Gasteiger partial charge in [-0.05, 0) is 31.9 Å². The number of carbonyl (C=O) groups excluding carboxylic acids is 1. The van der Waals surface area contributed by atoms with Crippen LogP contribution in [-0.2, 0) is 7.05 Å². The summed E-state index contributed by atoms with van der Waals surface area (Å²) >= 11 is 0. The Balaban J connectivity index is 2.05. The molecule has 2 aromatic rings. The van der Waals surface area contributed by atoms with E-state index in [1.54, 1.807) is 24.7 Å². The van der Waals surface area contributed by atoms with Crippen molar-refractivity contribution in [3.8, 4) is 0 Å². The van der Waals surface area contributed by atoms with Gasteiger partial charge in [-0.25, -0.2) is 0 Å². The van der Waals surface area contributed by atoms with Crippen LogP contribution < -0.4 is 5.32 Å². The van der Waals surface area contributed by atoms with Gasteiger partial charge in [0, 0.05) is 19.5 Å². The van der Waals surface area contributed by atoms with Crippen molar-refractivity contribution in [1.82, 2.24) is 15.1 Å². The fourth-order valence-electron chi connectivity index (χ4n) is 2.60. The Bertz CT molecular complexity index is 620. The molecule has 2 N–H and O–H groups in total. The maximum Gasteiger partial charge on any atom is 0.269 e. The van der Waals surface area contributed by atoms with E-state index in [1.807, 2.05) is 37.3 Å². The summed E-state index contributed by atoms with van der Waals surface area (Å²) in [6.45, 7) is 4.11. The average molecular weight is 301 g/mol. The van der Waals surface area contributed by atoms with Gasteiger partial charge < -0.3 is 10.4 Å². The molecule has 0 saturated heterocycles. The van der Waals surface area contributed by atoms with Crippen molar-refractivity contribution in [1.29, 1.82) is 0 Å². The molecule has 118 valence electrons. The third kappa shape index (κ3) is 4.18. The predicted octanol–water partition coefficient (Wildman–Crippen LogP) is 2.01. The Kier molecular flexibility index (Phi) is 5.33. The van der Waals surface area contributed by atoms with Crippen molar-refractivity contribution in [3.05, 3.63) is 53.3 Å². The molecule has 5 nitrogen and oxygen atoms in total. The highest BCUT2D eigenvalue weighted by Gasteiger charge is 2.17. The molecule has 1 heterocycles. The summed E-state index contributed by atoms with van der Waals surface area (Å²) in [5.41, 5.74) is 2.47. The Morgan fingerprint density at radius 2 is 2.05 bits per heavy atom. The van der Waals surface area contributed by atoms with Crippen molar-refractivity contribution in [2.45, 2.75) is 32.3 Å². The average Bonchev–Trinajstić information content (AvgIpc) is 2.82. The number of aliphatic hydroxyl groups is 1. The van der Waals surface area contributed by atoms with E-state index in [1.165, 1.54) is 0 Å². The van der Waals surface area contributed by atoms with Gasteiger partial charge >= 0.3 is 0 Å². The Labute approximate surface area is 131 Å². The number of amides is 1. The summed E-state index contributed by atoms with van der Waals surface area (Å²) in [6.07, 6.45) is 0.190. The highest BCUT2D eigenvalue weighted by atomic mass is 16.3. The van der Waals surface area contributed by atoms with Gasteiger partial charge in [0.2, 0.25) is 0 Å². The standard InChI is InChI=1S/C17H23N3O2/c1-12-9-16(20(3)19-12)17(22)18-11-15(10-13(2)21)14-7-5-4-6-8-14/h4-9,13,15,21H,10-11H2,1-3H3,(H,18,22). The smallest absolute Gasteiger partial charge is 0.269 e. The molecule has 0 saturated carbocycles. The first-order chi connectivity index (χ1) is 10.5. The van der Waals surface area contributed by atoms with E-state index in [2.05, 4.69) is 10.4 Å². The number of carbonyl (C=O) groups is 1. The molecule has 1 aromatic carbocycles. The number of hydrogen-bond acceptors (Lipinski definition) is 3. The molecule has 2 unspecified atom stereocenters. The lowest BCUT2D eigenvalue weighted by Crippen LogP contribution is -2.31. The molecule has 22 heavy (non-hydrogen) atoms.